The fraction of sp³-hybridized carbons (Fsp3) is 0.118. The van der Waals surface area contributed by atoms with E-state index in [1.165, 1.54) is 6.07 Å². The number of fused-ring (bicyclic) bond motifs is 1. The number of nitrogens with two attached hydrogens (primary N) is 1. The fourth-order valence-corrected chi connectivity index (χ4v) is 2.19. The van der Waals surface area contributed by atoms with Crippen LogP contribution in [0.4, 0.5) is 10.1 Å². The van der Waals surface area contributed by atoms with Gasteiger partial charge in [-0.25, -0.2) is 4.39 Å². The largest absolute Gasteiger partial charge is 0.489 e. The molecule has 0 spiro atoms. The van der Waals surface area contributed by atoms with Gasteiger partial charge in [0.15, 0.2) is 0 Å². The second-order valence-corrected chi connectivity index (χ2v) is 4.91. The fourth-order valence-electron chi connectivity index (χ4n) is 2.19. The minimum atomic E-state index is -0.271. The van der Waals surface area contributed by atoms with Gasteiger partial charge in [-0.05, 0) is 36.8 Å². The van der Waals surface area contributed by atoms with Crippen LogP contribution in [-0.2, 0) is 6.61 Å². The number of hydrogen-bond donors (Lipinski definition) is 1. The Labute approximate surface area is 122 Å². The van der Waals surface area contributed by atoms with E-state index in [0.29, 0.717) is 23.6 Å². The average molecular weight is 282 g/mol. The van der Waals surface area contributed by atoms with E-state index in [9.17, 15) is 4.39 Å². The van der Waals surface area contributed by atoms with Crippen molar-refractivity contribution < 1.29 is 9.13 Å². The SMILES string of the molecule is Cc1ccc(OCc2ccc(N)c3cccnc23)cc1F. The van der Waals surface area contributed by atoms with Crippen LogP contribution >= 0.6 is 0 Å². The molecule has 1 heterocycles. The molecule has 106 valence electrons. The highest BCUT2D eigenvalue weighted by molar-refractivity contribution is 5.92. The third-order valence-corrected chi connectivity index (χ3v) is 3.42. The van der Waals surface area contributed by atoms with E-state index in [2.05, 4.69) is 4.98 Å². The molecule has 2 N–H and O–H groups in total. The normalized spacial score (nSPS) is 10.8. The number of nitrogens with zero attached hydrogens (tertiary/aromatic N) is 1. The zero-order chi connectivity index (χ0) is 14.8. The number of halogens is 1. The Kier molecular flexibility index (Phi) is 3.44. The van der Waals surface area contributed by atoms with Crippen LogP contribution in [0.5, 0.6) is 5.75 Å². The van der Waals surface area contributed by atoms with Crippen LogP contribution in [0.1, 0.15) is 11.1 Å². The summed E-state index contributed by atoms with van der Waals surface area (Å²) < 4.78 is 19.2. The molecule has 3 rings (SSSR count). The zero-order valence-electron chi connectivity index (χ0n) is 11.6. The van der Waals surface area contributed by atoms with Crippen LogP contribution < -0.4 is 10.5 Å². The van der Waals surface area contributed by atoms with Crippen molar-refractivity contribution in [1.29, 1.82) is 0 Å². The number of rotatable bonds is 3. The van der Waals surface area contributed by atoms with Crippen molar-refractivity contribution in [2.45, 2.75) is 13.5 Å². The summed E-state index contributed by atoms with van der Waals surface area (Å²) in [6, 6.07) is 12.3. The highest BCUT2D eigenvalue weighted by Crippen LogP contribution is 2.24. The Morgan fingerprint density at radius 3 is 2.86 bits per heavy atom. The van der Waals surface area contributed by atoms with Crippen LogP contribution in [0.15, 0.2) is 48.7 Å². The molecule has 0 atom stereocenters. The average Bonchev–Trinajstić information content (AvgIpc) is 2.50. The molecule has 0 aliphatic rings. The molecule has 0 unspecified atom stereocenters. The minimum Gasteiger partial charge on any atom is -0.489 e. The number of anilines is 1. The Hall–Kier alpha value is -2.62. The van der Waals surface area contributed by atoms with Gasteiger partial charge < -0.3 is 10.5 Å². The summed E-state index contributed by atoms with van der Waals surface area (Å²) >= 11 is 0. The van der Waals surface area contributed by atoms with E-state index in [-0.39, 0.29) is 5.82 Å². The first-order chi connectivity index (χ1) is 10.1. The van der Waals surface area contributed by atoms with Crippen molar-refractivity contribution >= 4 is 16.6 Å². The summed E-state index contributed by atoms with van der Waals surface area (Å²) in [5.41, 5.74) is 8.95. The predicted molar refractivity (Wildman–Crippen MR) is 81.6 cm³/mol. The van der Waals surface area contributed by atoms with Gasteiger partial charge in [-0.3, -0.25) is 4.98 Å². The molecule has 21 heavy (non-hydrogen) atoms. The second kappa shape index (κ2) is 5.40. The first-order valence-corrected chi connectivity index (χ1v) is 6.66. The molecule has 0 bridgehead atoms. The molecule has 0 saturated heterocycles. The first-order valence-electron chi connectivity index (χ1n) is 6.66. The van der Waals surface area contributed by atoms with Gasteiger partial charge in [0, 0.05) is 28.9 Å². The summed E-state index contributed by atoms with van der Waals surface area (Å²) in [5.74, 6) is 0.229. The Morgan fingerprint density at radius 1 is 1.19 bits per heavy atom. The maximum absolute atomic E-state index is 13.5. The topological polar surface area (TPSA) is 48.1 Å². The van der Waals surface area contributed by atoms with Crippen LogP contribution in [0, 0.1) is 12.7 Å². The van der Waals surface area contributed by atoms with Crippen LogP contribution in [0.25, 0.3) is 10.9 Å². The monoisotopic (exact) mass is 282 g/mol. The van der Waals surface area contributed by atoms with E-state index in [0.717, 1.165) is 16.5 Å². The number of pyridine rings is 1. The molecule has 4 heteroatoms. The van der Waals surface area contributed by atoms with Gasteiger partial charge in [0.1, 0.15) is 18.2 Å². The minimum absolute atomic E-state index is 0.271. The van der Waals surface area contributed by atoms with Crippen LogP contribution in [-0.4, -0.2) is 4.98 Å². The highest BCUT2D eigenvalue weighted by atomic mass is 19.1. The highest BCUT2D eigenvalue weighted by Gasteiger charge is 2.06. The Morgan fingerprint density at radius 2 is 2.05 bits per heavy atom. The lowest BCUT2D eigenvalue weighted by Gasteiger charge is -2.10. The van der Waals surface area contributed by atoms with E-state index < -0.39 is 0 Å². The summed E-state index contributed by atoms with van der Waals surface area (Å²) in [6.07, 6.45) is 1.72. The van der Waals surface area contributed by atoms with Crippen molar-refractivity contribution in [3.8, 4) is 5.75 Å². The number of ether oxygens (including phenoxy) is 1. The molecule has 0 radical (unpaired) electrons. The lowest BCUT2D eigenvalue weighted by atomic mass is 10.1. The maximum atomic E-state index is 13.5. The summed E-state index contributed by atoms with van der Waals surface area (Å²) in [7, 11) is 0. The van der Waals surface area contributed by atoms with Gasteiger partial charge in [-0.2, -0.15) is 0 Å². The summed E-state index contributed by atoms with van der Waals surface area (Å²) in [5, 5.41) is 0.897. The molecule has 3 nitrogen and oxygen atoms in total. The molecule has 2 aromatic carbocycles. The molecule has 0 saturated carbocycles. The van der Waals surface area contributed by atoms with Gasteiger partial charge >= 0.3 is 0 Å². The Balaban J connectivity index is 1.88. The maximum Gasteiger partial charge on any atom is 0.129 e. The number of hydrogen-bond acceptors (Lipinski definition) is 3. The number of aryl methyl sites for hydroxylation is 1. The van der Waals surface area contributed by atoms with Crippen LogP contribution in [0.3, 0.4) is 0 Å². The van der Waals surface area contributed by atoms with E-state index >= 15 is 0 Å². The van der Waals surface area contributed by atoms with Gasteiger partial charge in [0.2, 0.25) is 0 Å². The lowest BCUT2D eigenvalue weighted by molar-refractivity contribution is 0.305. The van der Waals surface area contributed by atoms with Gasteiger partial charge in [0.05, 0.1) is 5.52 Å². The standard InChI is InChI=1S/C17H15FN2O/c1-11-4-6-13(9-15(11)18)21-10-12-5-7-16(19)14-3-2-8-20-17(12)14/h2-9H,10,19H2,1H3. The molecule has 0 amide bonds. The molecule has 0 aliphatic heterocycles. The molecular formula is C17H15FN2O. The summed E-state index contributed by atoms with van der Waals surface area (Å²) in [6.45, 7) is 2.03. The summed E-state index contributed by atoms with van der Waals surface area (Å²) in [4.78, 5) is 4.35. The van der Waals surface area contributed by atoms with E-state index in [1.54, 1.807) is 25.3 Å². The third-order valence-electron chi connectivity index (χ3n) is 3.42. The van der Waals surface area contributed by atoms with Crippen molar-refractivity contribution in [1.82, 2.24) is 4.98 Å². The van der Waals surface area contributed by atoms with Crippen LogP contribution in [0.2, 0.25) is 0 Å². The van der Waals surface area contributed by atoms with Crippen molar-refractivity contribution in [3.05, 3.63) is 65.6 Å². The van der Waals surface area contributed by atoms with Gasteiger partial charge in [-0.1, -0.05) is 12.1 Å². The zero-order valence-corrected chi connectivity index (χ0v) is 11.6. The first kappa shape index (κ1) is 13.4. The van der Waals surface area contributed by atoms with E-state index in [4.69, 9.17) is 10.5 Å². The molecule has 0 aliphatic carbocycles. The predicted octanol–water partition coefficient (Wildman–Crippen LogP) is 3.84. The van der Waals surface area contributed by atoms with Gasteiger partial charge in [0.25, 0.3) is 0 Å². The smallest absolute Gasteiger partial charge is 0.129 e. The number of nitrogen functional groups attached to an aromatic ring is 1. The molecular weight excluding hydrogens is 267 g/mol. The second-order valence-electron chi connectivity index (χ2n) is 4.91. The van der Waals surface area contributed by atoms with Crippen molar-refractivity contribution in [2.24, 2.45) is 0 Å². The van der Waals surface area contributed by atoms with Crippen molar-refractivity contribution in [3.63, 3.8) is 0 Å². The number of aromatic nitrogens is 1. The molecule has 3 aromatic rings. The van der Waals surface area contributed by atoms with E-state index in [1.807, 2.05) is 24.3 Å². The van der Waals surface area contributed by atoms with Gasteiger partial charge in [-0.15, -0.1) is 0 Å². The lowest BCUT2D eigenvalue weighted by Crippen LogP contribution is -1.99. The number of benzene rings is 2. The molecule has 1 aromatic heterocycles. The quantitative estimate of drug-likeness (QED) is 0.742. The van der Waals surface area contributed by atoms with Crippen molar-refractivity contribution in [2.75, 3.05) is 5.73 Å². The molecule has 0 fully saturated rings. The third kappa shape index (κ3) is 2.65. The Bertz CT molecular complexity index is 802.